The van der Waals surface area contributed by atoms with E-state index in [2.05, 4.69) is 15.6 Å². The molecule has 2 aromatic carbocycles. The number of para-hydroxylation sites is 1. The van der Waals surface area contributed by atoms with Crippen LogP contribution in [0.5, 0.6) is 0 Å². The number of fused-ring (bicyclic) bond motifs is 1. The van der Waals surface area contributed by atoms with Gasteiger partial charge in [0.25, 0.3) is 0 Å². The summed E-state index contributed by atoms with van der Waals surface area (Å²) in [6.45, 7) is 5.83. The van der Waals surface area contributed by atoms with E-state index in [1.54, 1.807) is 28.9 Å². The van der Waals surface area contributed by atoms with Crippen LogP contribution in [-0.2, 0) is 23.2 Å². The molecule has 1 N–H and O–H groups in total. The number of hydrogen-bond acceptors (Lipinski definition) is 4. The molecule has 182 valence electrons. The first-order valence-electron chi connectivity index (χ1n) is 11.5. The molecule has 0 aliphatic heterocycles. The standard InChI is InChI=1S/C26H29ClN6O2/c1-5-26(2,3)28-25(35)24(22-14-9-15-31(22)4)33(19-11-8-10-18(27)16-19)23(34)17-32-21-13-7-6-12-20(21)29-30-32/h6-16,24H,5,17H2,1-4H3,(H,28,35). The molecule has 0 saturated carbocycles. The number of rotatable bonds is 8. The van der Waals surface area contributed by atoms with Crippen molar-refractivity contribution < 1.29 is 9.59 Å². The molecule has 0 radical (unpaired) electrons. The fourth-order valence-corrected chi connectivity index (χ4v) is 4.12. The molecular weight excluding hydrogens is 464 g/mol. The van der Waals surface area contributed by atoms with Crippen molar-refractivity contribution in [3.63, 3.8) is 0 Å². The Morgan fingerprint density at radius 1 is 1.11 bits per heavy atom. The van der Waals surface area contributed by atoms with Crippen LogP contribution in [0.15, 0.2) is 66.9 Å². The SMILES string of the molecule is CCC(C)(C)NC(=O)C(c1cccn1C)N(C(=O)Cn1nnc2ccccc21)c1cccc(Cl)c1. The third-order valence-corrected chi connectivity index (χ3v) is 6.41. The summed E-state index contributed by atoms with van der Waals surface area (Å²) in [6.07, 6.45) is 2.58. The Morgan fingerprint density at radius 2 is 1.89 bits per heavy atom. The first-order chi connectivity index (χ1) is 16.7. The van der Waals surface area contributed by atoms with Crippen LogP contribution in [0.1, 0.15) is 38.9 Å². The highest BCUT2D eigenvalue weighted by molar-refractivity contribution is 6.31. The predicted octanol–water partition coefficient (Wildman–Crippen LogP) is 4.50. The second-order valence-corrected chi connectivity index (χ2v) is 9.59. The van der Waals surface area contributed by atoms with E-state index >= 15 is 0 Å². The third-order valence-electron chi connectivity index (χ3n) is 6.18. The van der Waals surface area contributed by atoms with Gasteiger partial charge in [-0.05, 0) is 62.7 Å². The Bertz CT molecular complexity index is 1360. The summed E-state index contributed by atoms with van der Waals surface area (Å²) in [5.74, 6) is -0.603. The van der Waals surface area contributed by atoms with Gasteiger partial charge in [-0.1, -0.05) is 41.9 Å². The van der Waals surface area contributed by atoms with Crippen LogP contribution in [0.4, 0.5) is 5.69 Å². The van der Waals surface area contributed by atoms with E-state index < -0.39 is 11.6 Å². The van der Waals surface area contributed by atoms with Crippen LogP contribution in [0.3, 0.4) is 0 Å². The summed E-state index contributed by atoms with van der Waals surface area (Å²) < 4.78 is 3.39. The van der Waals surface area contributed by atoms with Crippen molar-refractivity contribution in [3.8, 4) is 0 Å². The van der Waals surface area contributed by atoms with Gasteiger partial charge in [-0.25, -0.2) is 4.68 Å². The highest BCUT2D eigenvalue weighted by atomic mass is 35.5. The molecular formula is C26H29ClN6O2. The fraction of sp³-hybridized carbons (Fsp3) is 0.308. The molecule has 8 nitrogen and oxygen atoms in total. The Hall–Kier alpha value is -3.65. The van der Waals surface area contributed by atoms with Crippen molar-refractivity contribution in [2.75, 3.05) is 4.90 Å². The lowest BCUT2D eigenvalue weighted by atomic mass is 10.00. The molecule has 1 atom stereocenters. The van der Waals surface area contributed by atoms with E-state index in [-0.39, 0.29) is 18.4 Å². The Labute approximate surface area is 209 Å². The lowest BCUT2D eigenvalue weighted by Gasteiger charge is -2.34. The molecule has 0 fully saturated rings. The molecule has 0 aliphatic carbocycles. The number of nitrogens with zero attached hydrogens (tertiary/aromatic N) is 5. The van der Waals surface area contributed by atoms with Crippen LogP contribution in [0.2, 0.25) is 5.02 Å². The zero-order chi connectivity index (χ0) is 25.2. The van der Waals surface area contributed by atoms with E-state index in [1.807, 2.05) is 75.0 Å². The molecule has 35 heavy (non-hydrogen) atoms. The minimum Gasteiger partial charge on any atom is -0.352 e. The van der Waals surface area contributed by atoms with Crippen LogP contribution in [0, 0.1) is 0 Å². The number of halogens is 1. The van der Waals surface area contributed by atoms with Crippen molar-refractivity contribution in [2.45, 2.75) is 45.3 Å². The third kappa shape index (κ3) is 5.22. The van der Waals surface area contributed by atoms with Crippen molar-refractivity contribution >= 4 is 40.1 Å². The van der Waals surface area contributed by atoms with Crippen LogP contribution < -0.4 is 10.2 Å². The number of anilines is 1. The lowest BCUT2D eigenvalue weighted by molar-refractivity contribution is -0.128. The van der Waals surface area contributed by atoms with E-state index in [0.29, 0.717) is 21.9 Å². The predicted molar refractivity (Wildman–Crippen MR) is 137 cm³/mol. The molecule has 4 aromatic rings. The molecule has 0 aliphatic rings. The van der Waals surface area contributed by atoms with Gasteiger partial charge in [-0.2, -0.15) is 0 Å². The summed E-state index contributed by atoms with van der Waals surface area (Å²) in [5.41, 5.74) is 2.16. The van der Waals surface area contributed by atoms with Crippen molar-refractivity contribution in [1.82, 2.24) is 24.9 Å². The maximum absolute atomic E-state index is 14.0. The van der Waals surface area contributed by atoms with E-state index in [0.717, 1.165) is 11.9 Å². The van der Waals surface area contributed by atoms with Gasteiger partial charge in [-0.15, -0.1) is 5.10 Å². The van der Waals surface area contributed by atoms with Crippen molar-refractivity contribution in [3.05, 3.63) is 77.6 Å². The van der Waals surface area contributed by atoms with E-state index in [1.165, 1.54) is 4.90 Å². The normalized spacial score (nSPS) is 12.5. The van der Waals surface area contributed by atoms with Crippen LogP contribution in [-0.4, -0.2) is 36.9 Å². The molecule has 9 heteroatoms. The number of aromatic nitrogens is 4. The topological polar surface area (TPSA) is 85.0 Å². The van der Waals surface area contributed by atoms with Gasteiger partial charge >= 0.3 is 0 Å². The summed E-state index contributed by atoms with van der Waals surface area (Å²) in [6, 6.07) is 17.2. The van der Waals surface area contributed by atoms with Gasteiger partial charge in [0.2, 0.25) is 11.8 Å². The van der Waals surface area contributed by atoms with E-state index in [9.17, 15) is 9.59 Å². The smallest absolute Gasteiger partial charge is 0.249 e. The molecule has 2 heterocycles. The van der Waals surface area contributed by atoms with Gasteiger partial charge in [0.05, 0.1) is 11.2 Å². The van der Waals surface area contributed by atoms with Gasteiger partial charge in [-0.3, -0.25) is 14.5 Å². The number of nitrogens with one attached hydrogen (secondary N) is 1. The number of carbonyl (C=O) groups excluding carboxylic acids is 2. The lowest BCUT2D eigenvalue weighted by Crippen LogP contribution is -2.51. The fourth-order valence-electron chi connectivity index (χ4n) is 3.93. The number of benzene rings is 2. The molecule has 2 aromatic heterocycles. The first kappa shape index (κ1) is 24.5. The van der Waals surface area contributed by atoms with Crippen molar-refractivity contribution in [2.24, 2.45) is 7.05 Å². The molecule has 4 rings (SSSR count). The second-order valence-electron chi connectivity index (χ2n) is 9.15. The maximum Gasteiger partial charge on any atom is 0.249 e. The molecule has 2 amide bonds. The van der Waals surface area contributed by atoms with Crippen molar-refractivity contribution in [1.29, 1.82) is 0 Å². The van der Waals surface area contributed by atoms with Gasteiger partial charge in [0.1, 0.15) is 12.1 Å². The molecule has 0 spiro atoms. The summed E-state index contributed by atoms with van der Waals surface area (Å²) in [4.78, 5) is 29.3. The Balaban J connectivity index is 1.81. The van der Waals surface area contributed by atoms with Crippen LogP contribution >= 0.6 is 11.6 Å². The summed E-state index contributed by atoms with van der Waals surface area (Å²) in [7, 11) is 1.85. The minimum atomic E-state index is -0.929. The Kier molecular flexibility index (Phi) is 6.93. The van der Waals surface area contributed by atoms with Gasteiger partial charge in [0, 0.05) is 29.5 Å². The van der Waals surface area contributed by atoms with E-state index in [4.69, 9.17) is 11.6 Å². The average Bonchev–Trinajstić information content (AvgIpc) is 3.43. The molecule has 1 unspecified atom stereocenters. The zero-order valence-electron chi connectivity index (χ0n) is 20.3. The number of carbonyl (C=O) groups is 2. The van der Waals surface area contributed by atoms with Gasteiger partial charge < -0.3 is 9.88 Å². The number of hydrogen-bond donors (Lipinski definition) is 1. The highest BCUT2D eigenvalue weighted by Crippen LogP contribution is 2.31. The summed E-state index contributed by atoms with van der Waals surface area (Å²) in [5, 5.41) is 11.9. The molecule has 0 saturated heterocycles. The minimum absolute atomic E-state index is 0.0988. The largest absolute Gasteiger partial charge is 0.352 e. The maximum atomic E-state index is 14.0. The second kappa shape index (κ2) is 9.92. The average molecular weight is 493 g/mol. The highest BCUT2D eigenvalue weighted by Gasteiger charge is 2.36. The quantitative estimate of drug-likeness (QED) is 0.392. The first-order valence-corrected chi connectivity index (χ1v) is 11.9. The number of amides is 2. The molecule has 0 bridgehead atoms. The van der Waals surface area contributed by atoms with Gasteiger partial charge in [0.15, 0.2) is 6.04 Å². The number of aryl methyl sites for hydroxylation is 1. The van der Waals surface area contributed by atoms with Crippen LogP contribution in [0.25, 0.3) is 11.0 Å². The summed E-state index contributed by atoms with van der Waals surface area (Å²) >= 11 is 6.31. The Morgan fingerprint density at radius 3 is 2.57 bits per heavy atom. The zero-order valence-corrected chi connectivity index (χ0v) is 21.0. The monoisotopic (exact) mass is 492 g/mol.